The summed E-state index contributed by atoms with van der Waals surface area (Å²) in [5.41, 5.74) is -0.672. The highest BCUT2D eigenvalue weighted by Gasteiger charge is 2.09. The molecule has 0 aliphatic heterocycles. The molecule has 0 aromatic heterocycles. The zero-order valence-corrected chi connectivity index (χ0v) is 7.22. The number of hydrogen-bond acceptors (Lipinski definition) is 3. The third-order valence-corrected chi connectivity index (χ3v) is 0.498. The van der Waals surface area contributed by atoms with Gasteiger partial charge in [-0.1, -0.05) is 0 Å². The molecule has 3 nitrogen and oxygen atoms in total. The van der Waals surface area contributed by atoms with Gasteiger partial charge in [0.2, 0.25) is 0 Å². The van der Waals surface area contributed by atoms with Crippen molar-refractivity contribution in [3.63, 3.8) is 0 Å². The van der Waals surface area contributed by atoms with Gasteiger partial charge in [-0.2, -0.15) is 0 Å². The van der Waals surface area contributed by atoms with Crippen molar-refractivity contribution in [3.8, 4) is 0 Å². The lowest BCUT2D eigenvalue weighted by Crippen LogP contribution is -2.24. The summed E-state index contributed by atoms with van der Waals surface area (Å²) in [6.07, 6.45) is 0. The highest BCUT2D eigenvalue weighted by atomic mass is 16.5. The van der Waals surface area contributed by atoms with Gasteiger partial charge in [0, 0.05) is 13.7 Å². The number of aliphatic hydroxyl groups is 2. The van der Waals surface area contributed by atoms with Crippen molar-refractivity contribution in [1.29, 1.82) is 0 Å². The Morgan fingerprint density at radius 2 is 1.70 bits per heavy atom. The normalized spacial score (nSPS) is 10.2. The van der Waals surface area contributed by atoms with Crippen LogP contribution in [0.5, 0.6) is 0 Å². The van der Waals surface area contributed by atoms with Gasteiger partial charge >= 0.3 is 0 Å². The quantitative estimate of drug-likeness (QED) is 0.599. The van der Waals surface area contributed by atoms with E-state index < -0.39 is 5.60 Å². The minimum Gasteiger partial charge on any atom is -0.397 e. The van der Waals surface area contributed by atoms with Gasteiger partial charge in [0.25, 0.3) is 0 Å². The van der Waals surface area contributed by atoms with E-state index in [1.807, 2.05) is 0 Å². The first-order valence-corrected chi connectivity index (χ1v) is 3.30. The Labute approximate surface area is 62.6 Å². The Morgan fingerprint density at radius 3 is 1.70 bits per heavy atom. The molecule has 0 fully saturated rings. The van der Waals surface area contributed by atoms with Gasteiger partial charge < -0.3 is 14.9 Å². The molecule has 64 valence electrons. The third-order valence-electron chi connectivity index (χ3n) is 0.498. The fourth-order valence-corrected chi connectivity index (χ4v) is 0.353. The van der Waals surface area contributed by atoms with Crippen molar-refractivity contribution >= 4 is 0 Å². The molecule has 10 heavy (non-hydrogen) atoms. The molecule has 0 aromatic carbocycles. The Bertz CT molecular complexity index is 56.4. The molecule has 0 rings (SSSR count). The van der Waals surface area contributed by atoms with Crippen LogP contribution < -0.4 is 0 Å². The Balaban J connectivity index is 0. The molecule has 0 aliphatic rings. The maximum Gasteiger partial charge on any atom is 0.0824 e. The van der Waals surface area contributed by atoms with E-state index in [0.717, 1.165) is 0 Å². The molecule has 0 spiro atoms. The molecule has 0 aliphatic carbocycles. The van der Waals surface area contributed by atoms with Crippen molar-refractivity contribution in [2.75, 3.05) is 20.3 Å². The van der Waals surface area contributed by atoms with Gasteiger partial charge in [0.1, 0.15) is 0 Å². The fraction of sp³-hybridized carbons (Fsp3) is 1.00. The molecule has 0 atom stereocenters. The van der Waals surface area contributed by atoms with Gasteiger partial charge in [0.05, 0.1) is 12.2 Å². The summed E-state index contributed by atoms with van der Waals surface area (Å²) < 4.78 is 4.66. The van der Waals surface area contributed by atoms with E-state index in [2.05, 4.69) is 4.74 Å². The van der Waals surface area contributed by atoms with Crippen LogP contribution in [0, 0.1) is 0 Å². The van der Waals surface area contributed by atoms with E-state index in [4.69, 9.17) is 10.2 Å². The maximum absolute atomic E-state index is 8.89. The van der Waals surface area contributed by atoms with Crippen LogP contribution >= 0.6 is 0 Å². The molecule has 0 saturated heterocycles. The van der Waals surface area contributed by atoms with Crippen LogP contribution in [-0.2, 0) is 4.74 Å². The average molecular weight is 150 g/mol. The zero-order valence-electron chi connectivity index (χ0n) is 7.22. The number of hydrogen-bond donors (Lipinski definition) is 2. The van der Waals surface area contributed by atoms with E-state index in [1.165, 1.54) is 0 Å². The first kappa shape index (κ1) is 12.5. The number of rotatable bonds is 2. The van der Waals surface area contributed by atoms with Crippen molar-refractivity contribution < 1.29 is 14.9 Å². The summed E-state index contributed by atoms with van der Waals surface area (Å²) in [4.78, 5) is 0. The van der Waals surface area contributed by atoms with Crippen molar-refractivity contribution in [2.45, 2.75) is 26.4 Å². The third kappa shape index (κ3) is 24.8. The van der Waals surface area contributed by atoms with Crippen molar-refractivity contribution in [2.24, 2.45) is 0 Å². The largest absolute Gasteiger partial charge is 0.397 e. The smallest absolute Gasteiger partial charge is 0.0824 e. The second-order valence-electron chi connectivity index (χ2n) is 2.56. The number of ether oxygens (including phenoxy) is 1. The predicted octanol–water partition coefficient (Wildman–Crippen LogP) is 0.402. The van der Waals surface area contributed by atoms with Crippen LogP contribution in [0.25, 0.3) is 0 Å². The lowest BCUT2D eigenvalue weighted by Gasteiger charge is -2.13. The molecule has 0 radical (unpaired) electrons. The second kappa shape index (κ2) is 6.99. The van der Waals surface area contributed by atoms with E-state index in [9.17, 15) is 0 Å². The zero-order chi connectivity index (χ0) is 8.62. The van der Waals surface area contributed by atoms with Crippen LogP contribution in [0.4, 0.5) is 0 Å². The van der Waals surface area contributed by atoms with Crippen molar-refractivity contribution in [3.05, 3.63) is 0 Å². The van der Waals surface area contributed by atoms with Crippen LogP contribution in [0.15, 0.2) is 0 Å². The molecule has 0 bridgehead atoms. The number of methoxy groups -OCH3 is 1. The molecule has 3 heteroatoms. The van der Waals surface area contributed by atoms with Gasteiger partial charge in [-0.3, -0.25) is 0 Å². The summed E-state index contributed by atoms with van der Waals surface area (Å²) in [5.74, 6) is 0. The van der Waals surface area contributed by atoms with Gasteiger partial charge in [-0.25, -0.2) is 0 Å². The molecule has 0 heterocycles. The molecule has 0 unspecified atom stereocenters. The predicted molar refractivity (Wildman–Crippen MR) is 40.9 cm³/mol. The average Bonchev–Trinajstić information content (AvgIpc) is 1.63. The van der Waals surface area contributed by atoms with Crippen molar-refractivity contribution in [1.82, 2.24) is 0 Å². The minimum absolute atomic E-state index is 0.250. The SMILES string of the molecule is CCO.COCC(C)(C)O. The topological polar surface area (TPSA) is 49.7 Å². The number of aliphatic hydroxyl groups excluding tert-OH is 1. The van der Waals surface area contributed by atoms with Crippen LogP contribution in [0.1, 0.15) is 20.8 Å². The molecule has 2 N–H and O–H groups in total. The Morgan fingerprint density at radius 1 is 1.40 bits per heavy atom. The van der Waals surface area contributed by atoms with E-state index in [1.54, 1.807) is 27.9 Å². The molecule has 0 saturated carbocycles. The molecule has 0 amide bonds. The Hall–Kier alpha value is -0.120. The first-order valence-electron chi connectivity index (χ1n) is 3.30. The summed E-state index contributed by atoms with van der Waals surface area (Å²) in [5, 5.41) is 16.5. The lowest BCUT2D eigenvalue weighted by molar-refractivity contribution is -0.00196. The van der Waals surface area contributed by atoms with Gasteiger partial charge in [-0.05, 0) is 20.8 Å². The fourth-order valence-electron chi connectivity index (χ4n) is 0.353. The van der Waals surface area contributed by atoms with Gasteiger partial charge in [-0.15, -0.1) is 0 Å². The molecular weight excluding hydrogens is 132 g/mol. The standard InChI is InChI=1S/C5H12O2.C2H6O/c1-5(2,6)4-7-3;1-2-3/h6H,4H2,1-3H3;3H,2H2,1H3. The highest BCUT2D eigenvalue weighted by molar-refractivity contribution is 4.61. The minimum atomic E-state index is -0.672. The molecular formula is C7H18O3. The summed E-state index contributed by atoms with van der Waals surface area (Å²) >= 11 is 0. The summed E-state index contributed by atoms with van der Waals surface area (Å²) in [6.45, 7) is 5.74. The van der Waals surface area contributed by atoms with Crippen LogP contribution in [0.3, 0.4) is 0 Å². The first-order chi connectivity index (χ1) is 4.47. The molecule has 0 aromatic rings. The Kier molecular flexibility index (Phi) is 8.77. The van der Waals surface area contributed by atoms with Gasteiger partial charge in [0.15, 0.2) is 0 Å². The lowest BCUT2D eigenvalue weighted by atomic mass is 10.2. The monoisotopic (exact) mass is 150 g/mol. The van der Waals surface area contributed by atoms with Crippen LogP contribution in [-0.4, -0.2) is 36.1 Å². The van der Waals surface area contributed by atoms with Crippen LogP contribution in [0.2, 0.25) is 0 Å². The second-order valence-corrected chi connectivity index (χ2v) is 2.56. The maximum atomic E-state index is 8.89. The summed E-state index contributed by atoms with van der Waals surface area (Å²) in [7, 11) is 1.57. The van der Waals surface area contributed by atoms with E-state index in [-0.39, 0.29) is 6.61 Å². The van der Waals surface area contributed by atoms with E-state index in [0.29, 0.717) is 6.61 Å². The van der Waals surface area contributed by atoms with E-state index >= 15 is 0 Å². The highest BCUT2D eigenvalue weighted by Crippen LogP contribution is 1.98. The summed E-state index contributed by atoms with van der Waals surface area (Å²) in [6, 6.07) is 0.